The molecule has 2 saturated carbocycles. The highest BCUT2D eigenvalue weighted by Crippen LogP contribution is 2.42. The molecule has 0 saturated heterocycles. The molecule has 2 rings (SSSR count). The van der Waals surface area contributed by atoms with Gasteiger partial charge in [-0.2, -0.15) is 0 Å². The lowest BCUT2D eigenvalue weighted by atomic mass is 9.74. The number of hydrogen-bond acceptors (Lipinski definition) is 1. The lowest BCUT2D eigenvalue weighted by Crippen LogP contribution is -2.29. The smallest absolute Gasteiger partial charge is 0.0574 e. The van der Waals surface area contributed by atoms with E-state index in [1.54, 1.807) is 0 Å². The van der Waals surface area contributed by atoms with Crippen LogP contribution in [0.1, 0.15) is 51.4 Å². The average Bonchev–Trinajstić information content (AvgIpc) is 2.50. The maximum absolute atomic E-state index is 5.54. The van der Waals surface area contributed by atoms with E-state index >= 15 is 0 Å². The first-order valence-electron chi connectivity index (χ1n) is 6.97. The van der Waals surface area contributed by atoms with Crippen LogP contribution in [0.15, 0.2) is 12.7 Å². The quantitative estimate of drug-likeness (QED) is 0.651. The molecule has 0 spiro atoms. The predicted molar refractivity (Wildman–Crippen MR) is 68.4 cm³/mol. The van der Waals surface area contributed by atoms with Crippen molar-refractivity contribution < 1.29 is 4.74 Å². The Morgan fingerprint density at radius 1 is 1.12 bits per heavy atom. The molecule has 16 heavy (non-hydrogen) atoms. The Morgan fingerprint density at radius 2 is 1.94 bits per heavy atom. The molecule has 4 atom stereocenters. The number of rotatable bonds is 3. The molecule has 2 fully saturated rings. The molecule has 0 aromatic carbocycles. The van der Waals surface area contributed by atoms with E-state index < -0.39 is 0 Å². The second kappa shape index (κ2) is 5.86. The Kier molecular flexibility index (Phi) is 4.45. The minimum atomic E-state index is 0.553. The van der Waals surface area contributed by atoms with E-state index in [4.69, 9.17) is 4.74 Å². The summed E-state index contributed by atoms with van der Waals surface area (Å²) in [6, 6.07) is 0. The van der Waals surface area contributed by atoms with E-state index in [0.717, 1.165) is 17.8 Å². The summed E-state index contributed by atoms with van der Waals surface area (Å²) in [6.07, 6.45) is 13.7. The van der Waals surface area contributed by atoms with Gasteiger partial charge < -0.3 is 4.74 Å². The summed E-state index contributed by atoms with van der Waals surface area (Å²) in [5.41, 5.74) is 0. The van der Waals surface area contributed by atoms with Crippen LogP contribution in [-0.4, -0.2) is 13.2 Å². The Morgan fingerprint density at radius 3 is 2.69 bits per heavy atom. The van der Waals surface area contributed by atoms with Crippen LogP contribution in [-0.2, 0) is 4.74 Å². The first-order chi connectivity index (χ1) is 7.83. The summed E-state index contributed by atoms with van der Waals surface area (Å²) < 4.78 is 5.54. The second-order valence-corrected chi connectivity index (χ2v) is 5.75. The fourth-order valence-electron chi connectivity index (χ4n) is 3.83. The van der Waals surface area contributed by atoms with Crippen LogP contribution in [0, 0.1) is 17.8 Å². The van der Waals surface area contributed by atoms with Crippen molar-refractivity contribution in [2.75, 3.05) is 7.11 Å². The molecule has 0 aliphatic heterocycles. The van der Waals surface area contributed by atoms with Crippen molar-refractivity contribution in [2.24, 2.45) is 17.8 Å². The molecule has 0 aromatic rings. The topological polar surface area (TPSA) is 9.23 Å². The van der Waals surface area contributed by atoms with Gasteiger partial charge in [-0.15, -0.1) is 6.58 Å². The number of allylic oxidation sites excluding steroid dienone is 1. The highest BCUT2D eigenvalue weighted by molar-refractivity contribution is 4.86. The van der Waals surface area contributed by atoms with Crippen molar-refractivity contribution in [3.63, 3.8) is 0 Å². The number of ether oxygens (including phenoxy) is 1. The molecule has 2 aliphatic rings. The molecule has 0 heterocycles. The molecular weight excluding hydrogens is 196 g/mol. The highest BCUT2D eigenvalue weighted by Gasteiger charge is 2.33. The van der Waals surface area contributed by atoms with Gasteiger partial charge in [0.15, 0.2) is 0 Å². The molecule has 0 amide bonds. The summed E-state index contributed by atoms with van der Waals surface area (Å²) in [5, 5.41) is 0. The van der Waals surface area contributed by atoms with Gasteiger partial charge in [-0.1, -0.05) is 25.3 Å². The van der Waals surface area contributed by atoms with E-state index in [-0.39, 0.29) is 0 Å². The highest BCUT2D eigenvalue weighted by atomic mass is 16.5. The van der Waals surface area contributed by atoms with Gasteiger partial charge >= 0.3 is 0 Å². The van der Waals surface area contributed by atoms with E-state index in [1.807, 2.05) is 7.11 Å². The van der Waals surface area contributed by atoms with Gasteiger partial charge in [0.2, 0.25) is 0 Å². The predicted octanol–water partition coefficient (Wildman–Crippen LogP) is 4.18. The molecule has 0 aromatic heterocycles. The lowest BCUT2D eigenvalue weighted by molar-refractivity contribution is 0.0247. The second-order valence-electron chi connectivity index (χ2n) is 5.75. The minimum Gasteiger partial charge on any atom is -0.381 e. The Balaban J connectivity index is 1.92. The van der Waals surface area contributed by atoms with Gasteiger partial charge in [-0.05, 0) is 49.9 Å². The SMILES string of the molecule is C=CCC1CCCC2CC(OC)CCC2C1. The van der Waals surface area contributed by atoms with Gasteiger partial charge in [0.25, 0.3) is 0 Å². The Bertz CT molecular complexity index is 223. The largest absolute Gasteiger partial charge is 0.381 e. The zero-order valence-electron chi connectivity index (χ0n) is 10.7. The summed E-state index contributed by atoms with van der Waals surface area (Å²) in [7, 11) is 1.88. The van der Waals surface area contributed by atoms with Crippen LogP contribution in [0.25, 0.3) is 0 Å². The molecular formula is C15H26O. The Labute approximate surface area is 100 Å². The fourth-order valence-corrected chi connectivity index (χ4v) is 3.83. The van der Waals surface area contributed by atoms with E-state index in [1.165, 1.54) is 51.4 Å². The number of methoxy groups -OCH3 is 1. The molecule has 0 N–H and O–H groups in total. The van der Waals surface area contributed by atoms with Gasteiger partial charge in [0.1, 0.15) is 0 Å². The summed E-state index contributed by atoms with van der Waals surface area (Å²) in [4.78, 5) is 0. The van der Waals surface area contributed by atoms with Gasteiger partial charge in [-0.3, -0.25) is 0 Å². The maximum Gasteiger partial charge on any atom is 0.0574 e. The monoisotopic (exact) mass is 222 g/mol. The number of fused-ring (bicyclic) bond motifs is 1. The van der Waals surface area contributed by atoms with E-state index in [9.17, 15) is 0 Å². The first-order valence-corrected chi connectivity index (χ1v) is 6.97. The van der Waals surface area contributed by atoms with Crippen LogP contribution in [0.3, 0.4) is 0 Å². The molecule has 1 nitrogen and oxygen atoms in total. The lowest BCUT2D eigenvalue weighted by Gasteiger charge is -2.35. The molecule has 2 aliphatic carbocycles. The third-order valence-corrected chi connectivity index (χ3v) is 4.75. The van der Waals surface area contributed by atoms with Crippen LogP contribution >= 0.6 is 0 Å². The van der Waals surface area contributed by atoms with Gasteiger partial charge in [0, 0.05) is 7.11 Å². The maximum atomic E-state index is 5.54. The van der Waals surface area contributed by atoms with Crippen LogP contribution in [0.4, 0.5) is 0 Å². The fraction of sp³-hybridized carbons (Fsp3) is 0.867. The molecule has 4 unspecified atom stereocenters. The summed E-state index contributed by atoms with van der Waals surface area (Å²) in [5.74, 6) is 2.86. The summed E-state index contributed by atoms with van der Waals surface area (Å²) >= 11 is 0. The minimum absolute atomic E-state index is 0.553. The van der Waals surface area contributed by atoms with Gasteiger partial charge in [-0.25, -0.2) is 0 Å². The van der Waals surface area contributed by atoms with Crippen LogP contribution in [0.2, 0.25) is 0 Å². The molecule has 1 heteroatoms. The van der Waals surface area contributed by atoms with Crippen molar-refractivity contribution in [1.82, 2.24) is 0 Å². The zero-order chi connectivity index (χ0) is 11.4. The normalized spacial score (nSPS) is 39.8. The van der Waals surface area contributed by atoms with E-state index in [0.29, 0.717) is 6.10 Å². The number of hydrogen-bond donors (Lipinski definition) is 0. The third kappa shape index (κ3) is 2.88. The van der Waals surface area contributed by atoms with Crippen molar-refractivity contribution in [3.05, 3.63) is 12.7 Å². The first kappa shape index (κ1) is 12.2. The van der Waals surface area contributed by atoms with Crippen molar-refractivity contribution in [2.45, 2.75) is 57.5 Å². The zero-order valence-corrected chi connectivity index (χ0v) is 10.7. The summed E-state index contributed by atoms with van der Waals surface area (Å²) in [6.45, 7) is 3.89. The van der Waals surface area contributed by atoms with Crippen LogP contribution < -0.4 is 0 Å². The van der Waals surface area contributed by atoms with E-state index in [2.05, 4.69) is 12.7 Å². The molecule has 92 valence electrons. The standard InChI is InChI=1S/C15H26O/c1-3-5-12-6-4-7-13-11-15(16-2)9-8-14(13)10-12/h3,12-15H,1,4-11H2,2H3. The van der Waals surface area contributed by atoms with Crippen molar-refractivity contribution >= 4 is 0 Å². The third-order valence-electron chi connectivity index (χ3n) is 4.75. The van der Waals surface area contributed by atoms with Crippen LogP contribution in [0.5, 0.6) is 0 Å². The van der Waals surface area contributed by atoms with Gasteiger partial charge in [0.05, 0.1) is 6.10 Å². The molecule has 0 radical (unpaired) electrons. The van der Waals surface area contributed by atoms with Crippen molar-refractivity contribution in [1.29, 1.82) is 0 Å². The molecule has 0 bridgehead atoms. The van der Waals surface area contributed by atoms with Crippen molar-refractivity contribution in [3.8, 4) is 0 Å². The average molecular weight is 222 g/mol. The Hall–Kier alpha value is -0.300.